The van der Waals surface area contributed by atoms with Crippen LogP contribution in [0.5, 0.6) is 0 Å². The maximum atomic E-state index is 5.94. The molecule has 0 aromatic heterocycles. The minimum atomic E-state index is -0.666. The summed E-state index contributed by atoms with van der Waals surface area (Å²) in [5, 5.41) is 0. The second-order valence-corrected chi connectivity index (χ2v) is 5.65. The Morgan fingerprint density at radius 1 is 1.12 bits per heavy atom. The molecule has 1 heterocycles. The monoisotopic (exact) mass is 238 g/mol. The van der Waals surface area contributed by atoms with Crippen LogP contribution in [0.2, 0.25) is 0 Å². The van der Waals surface area contributed by atoms with E-state index in [1.165, 1.54) is 0 Å². The molecule has 0 bridgehead atoms. The fraction of sp³-hybridized carbons (Fsp3) is 0.692. The van der Waals surface area contributed by atoms with Gasteiger partial charge in [0, 0.05) is 11.5 Å². The molecule has 0 saturated heterocycles. The van der Waals surface area contributed by atoms with Gasteiger partial charge in [0.05, 0.1) is 11.9 Å². The molecule has 3 nitrogen and oxygen atoms in total. The number of rotatable bonds is 2. The normalized spacial score (nSPS) is 22.9. The van der Waals surface area contributed by atoms with Gasteiger partial charge in [-0.25, -0.2) is 0 Å². The Bertz CT molecular complexity index is 306. The predicted molar refractivity (Wildman–Crippen MR) is 70.3 cm³/mol. The van der Waals surface area contributed by atoms with Crippen molar-refractivity contribution >= 4 is 7.32 Å². The summed E-state index contributed by atoms with van der Waals surface area (Å²) in [5.74, 6) is 0. The lowest BCUT2D eigenvalue weighted by Gasteiger charge is -2.40. The van der Waals surface area contributed by atoms with Crippen LogP contribution in [0, 0.1) is 5.41 Å². The number of hydrogen-bond acceptors (Lipinski definition) is 3. The van der Waals surface area contributed by atoms with Gasteiger partial charge in [-0.15, -0.1) is 0 Å². The van der Waals surface area contributed by atoms with E-state index in [4.69, 9.17) is 14.0 Å². The van der Waals surface area contributed by atoms with E-state index >= 15 is 0 Å². The minimum Gasteiger partial charge on any atom is -0.518 e. The zero-order chi connectivity index (χ0) is 13.1. The molecule has 0 spiro atoms. The summed E-state index contributed by atoms with van der Waals surface area (Å²) < 4.78 is 17.0. The third-order valence-corrected chi connectivity index (χ3v) is 3.22. The summed E-state index contributed by atoms with van der Waals surface area (Å²) >= 11 is 0. The molecule has 17 heavy (non-hydrogen) atoms. The molecule has 0 fully saturated rings. The topological polar surface area (TPSA) is 27.7 Å². The van der Waals surface area contributed by atoms with Crippen LogP contribution in [0.1, 0.15) is 41.5 Å². The maximum absolute atomic E-state index is 5.94. The van der Waals surface area contributed by atoms with E-state index in [1.807, 2.05) is 39.8 Å². The Morgan fingerprint density at radius 3 is 2.35 bits per heavy atom. The summed E-state index contributed by atoms with van der Waals surface area (Å²) in [6, 6.07) is 0. The van der Waals surface area contributed by atoms with Crippen molar-refractivity contribution in [3.63, 3.8) is 0 Å². The number of hydrogen-bond donors (Lipinski definition) is 0. The van der Waals surface area contributed by atoms with Crippen molar-refractivity contribution in [2.45, 2.75) is 53.2 Å². The molecule has 1 aliphatic heterocycles. The van der Waals surface area contributed by atoms with Crippen molar-refractivity contribution in [2.24, 2.45) is 5.41 Å². The van der Waals surface area contributed by atoms with Crippen molar-refractivity contribution in [1.29, 1.82) is 0 Å². The van der Waals surface area contributed by atoms with E-state index in [1.54, 1.807) is 6.26 Å². The van der Waals surface area contributed by atoms with Crippen LogP contribution < -0.4 is 0 Å². The smallest absolute Gasteiger partial charge is 0.518 e. The average Bonchev–Trinajstić information content (AvgIpc) is 2.17. The van der Waals surface area contributed by atoms with Crippen LogP contribution in [0.4, 0.5) is 0 Å². The first-order valence-corrected chi connectivity index (χ1v) is 6.08. The van der Waals surface area contributed by atoms with Gasteiger partial charge in [-0.05, 0) is 33.8 Å². The summed E-state index contributed by atoms with van der Waals surface area (Å²) in [4.78, 5) is 0. The van der Waals surface area contributed by atoms with E-state index in [9.17, 15) is 0 Å². The predicted octanol–water partition coefficient (Wildman–Crippen LogP) is 3.32. The fourth-order valence-electron chi connectivity index (χ4n) is 1.35. The van der Waals surface area contributed by atoms with E-state index in [-0.39, 0.29) is 17.1 Å². The molecule has 0 unspecified atom stereocenters. The van der Waals surface area contributed by atoms with Crippen molar-refractivity contribution in [2.75, 3.05) is 0 Å². The van der Waals surface area contributed by atoms with Crippen LogP contribution >= 0.6 is 0 Å². The first-order valence-electron chi connectivity index (χ1n) is 6.08. The lowest BCUT2D eigenvalue weighted by Crippen LogP contribution is -2.46. The van der Waals surface area contributed by atoms with Gasteiger partial charge in [-0.3, -0.25) is 0 Å². The highest BCUT2D eigenvalue weighted by atomic mass is 16.7. The van der Waals surface area contributed by atoms with E-state index in [0.717, 1.165) is 0 Å². The quantitative estimate of drug-likeness (QED) is 0.690. The van der Waals surface area contributed by atoms with Crippen molar-refractivity contribution in [3.8, 4) is 0 Å². The first-order chi connectivity index (χ1) is 7.74. The van der Waals surface area contributed by atoms with Crippen molar-refractivity contribution in [1.82, 2.24) is 0 Å². The summed E-state index contributed by atoms with van der Waals surface area (Å²) in [5.41, 5.74) is -0.487. The Morgan fingerprint density at radius 2 is 1.76 bits per heavy atom. The Kier molecular flexibility index (Phi) is 4.45. The zero-order valence-corrected chi connectivity index (χ0v) is 11.7. The highest BCUT2D eigenvalue weighted by Gasteiger charge is 2.42. The second kappa shape index (κ2) is 5.28. The van der Waals surface area contributed by atoms with Crippen molar-refractivity contribution < 1.29 is 14.0 Å². The van der Waals surface area contributed by atoms with E-state index in [2.05, 4.69) is 19.9 Å². The Labute approximate surface area is 105 Å². The molecule has 96 valence electrons. The van der Waals surface area contributed by atoms with Crippen LogP contribution in [-0.4, -0.2) is 19.0 Å². The summed E-state index contributed by atoms with van der Waals surface area (Å²) in [6.45, 7) is 12.3. The van der Waals surface area contributed by atoms with Gasteiger partial charge >= 0.3 is 7.32 Å². The highest BCUT2D eigenvalue weighted by molar-refractivity contribution is 6.36. The molecule has 0 radical (unpaired) electrons. The van der Waals surface area contributed by atoms with Gasteiger partial charge in [-0.2, -0.15) is 0 Å². The maximum Gasteiger partial charge on any atom is 0.713 e. The molecule has 1 aliphatic rings. The minimum absolute atomic E-state index is 0.0565. The first kappa shape index (κ1) is 14.3. The third-order valence-electron chi connectivity index (χ3n) is 3.22. The Balaban J connectivity index is 2.88. The van der Waals surface area contributed by atoms with Gasteiger partial charge in [0.2, 0.25) is 0 Å². The SMILES string of the molecule is CC(C)OB1OC=CC=CC(C)(C)C(C)(C)O1. The van der Waals surface area contributed by atoms with Crippen LogP contribution in [0.15, 0.2) is 24.5 Å². The van der Waals surface area contributed by atoms with E-state index in [0.29, 0.717) is 0 Å². The third kappa shape index (κ3) is 3.89. The van der Waals surface area contributed by atoms with Crippen LogP contribution in [0.3, 0.4) is 0 Å². The van der Waals surface area contributed by atoms with Crippen LogP contribution in [-0.2, 0) is 14.0 Å². The molecule has 0 saturated carbocycles. The summed E-state index contributed by atoms with van der Waals surface area (Å²) in [6.07, 6.45) is 7.60. The largest absolute Gasteiger partial charge is 0.713 e. The molecular formula is C13H23BO3. The lowest BCUT2D eigenvalue weighted by molar-refractivity contribution is -0.0379. The molecule has 0 aromatic rings. The van der Waals surface area contributed by atoms with E-state index < -0.39 is 7.32 Å². The van der Waals surface area contributed by atoms with Crippen LogP contribution in [0.25, 0.3) is 0 Å². The number of allylic oxidation sites excluding steroid dienone is 2. The molecule has 4 heteroatoms. The molecule has 0 aromatic carbocycles. The van der Waals surface area contributed by atoms with Gasteiger partial charge in [-0.1, -0.05) is 26.0 Å². The molecule has 0 amide bonds. The molecule has 0 aliphatic carbocycles. The molecular weight excluding hydrogens is 215 g/mol. The van der Waals surface area contributed by atoms with Gasteiger partial charge in [0.25, 0.3) is 0 Å². The fourth-order valence-corrected chi connectivity index (χ4v) is 1.35. The molecule has 0 atom stereocenters. The Hall–Kier alpha value is -0.735. The standard InChI is InChI=1S/C13H23BO3/c1-11(2)16-14-15-10-8-7-9-12(3,4)13(5,6)17-14/h7-11H,1-6H3. The lowest BCUT2D eigenvalue weighted by atomic mass is 9.76. The second-order valence-electron chi connectivity index (χ2n) is 5.65. The average molecular weight is 238 g/mol. The molecule has 0 N–H and O–H groups in total. The summed E-state index contributed by atoms with van der Waals surface area (Å²) in [7, 11) is -0.666. The molecule has 1 rings (SSSR count). The zero-order valence-electron chi connectivity index (χ0n) is 11.7. The van der Waals surface area contributed by atoms with Gasteiger partial charge in [0.1, 0.15) is 0 Å². The highest BCUT2D eigenvalue weighted by Crippen LogP contribution is 2.36. The van der Waals surface area contributed by atoms with Gasteiger partial charge < -0.3 is 14.0 Å². The van der Waals surface area contributed by atoms with Gasteiger partial charge in [0.15, 0.2) is 0 Å². The van der Waals surface area contributed by atoms with Crippen molar-refractivity contribution in [3.05, 3.63) is 24.5 Å².